The molecule has 0 spiro atoms. The van der Waals surface area contributed by atoms with Gasteiger partial charge in [-0.1, -0.05) is 22.3 Å². The van der Waals surface area contributed by atoms with E-state index in [2.05, 4.69) is 30.6 Å². The minimum absolute atomic E-state index is 0. The summed E-state index contributed by atoms with van der Waals surface area (Å²) in [5, 5.41) is 20.2. The maximum absolute atomic E-state index is 11.2. The van der Waals surface area contributed by atoms with Crippen molar-refractivity contribution in [3.63, 3.8) is 0 Å². The number of carbonyl (C=O) groups excluding carboxylic acids is 1. The van der Waals surface area contributed by atoms with Crippen molar-refractivity contribution in [1.82, 2.24) is 9.97 Å². The number of benzene rings is 2. The van der Waals surface area contributed by atoms with Gasteiger partial charge in [0, 0.05) is 39.8 Å². The van der Waals surface area contributed by atoms with E-state index in [9.17, 15) is 9.90 Å². The van der Waals surface area contributed by atoms with Crippen LogP contribution in [-0.2, 0) is 4.74 Å². The average Bonchev–Trinajstić information content (AvgIpc) is 2.67. The van der Waals surface area contributed by atoms with Crippen LogP contribution in [0.4, 0.5) is 0 Å². The molecular formula is C23H27BrN2O4. The van der Waals surface area contributed by atoms with Crippen molar-refractivity contribution in [2.75, 3.05) is 7.11 Å². The summed E-state index contributed by atoms with van der Waals surface area (Å²) in [4.78, 5) is 19.4. The van der Waals surface area contributed by atoms with Crippen LogP contribution in [0.3, 0.4) is 0 Å². The number of aromatic hydroxyl groups is 2. The number of halogens is 1. The molecule has 30 heavy (non-hydrogen) atoms. The van der Waals surface area contributed by atoms with E-state index in [1.807, 2.05) is 12.1 Å². The second kappa shape index (κ2) is 11.7. The minimum atomic E-state index is -0.419. The van der Waals surface area contributed by atoms with Gasteiger partial charge in [-0.2, -0.15) is 0 Å². The molecule has 0 bridgehead atoms. The number of phenolic OH excluding ortho intramolecular Hbond substituents is 2. The summed E-state index contributed by atoms with van der Waals surface area (Å²) in [7, 11) is 1.32. The maximum atomic E-state index is 11.2. The van der Waals surface area contributed by atoms with Crippen LogP contribution in [0.25, 0.3) is 21.8 Å². The number of fused-ring (bicyclic) bond motifs is 2. The van der Waals surface area contributed by atoms with Gasteiger partial charge in [0.25, 0.3) is 0 Å². The first kappa shape index (κ1) is 26.8. The van der Waals surface area contributed by atoms with E-state index < -0.39 is 5.97 Å². The van der Waals surface area contributed by atoms with Crippen LogP contribution < -0.4 is 0 Å². The molecule has 4 rings (SSSR count). The van der Waals surface area contributed by atoms with Crippen molar-refractivity contribution in [3.05, 3.63) is 71.0 Å². The molecule has 0 fully saturated rings. The second-order valence-corrected chi connectivity index (χ2v) is 6.54. The molecule has 2 aromatic carbocycles. The van der Waals surface area contributed by atoms with Crippen LogP contribution in [0.1, 0.15) is 32.6 Å². The molecule has 2 N–H and O–H groups in total. The molecule has 0 saturated heterocycles. The Morgan fingerprint density at radius 1 is 0.833 bits per heavy atom. The van der Waals surface area contributed by atoms with Gasteiger partial charge in [-0.3, -0.25) is 9.97 Å². The summed E-state index contributed by atoms with van der Waals surface area (Å²) < 4.78 is 5.53. The average molecular weight is 475 g/mol. The lowest BCUT2D eigenvalue weighted by molar-refractivity contribution is 0.0600. The van der Waals surface area contributed by atoms with Gasteiger partial charge in [0.1, 0.15) is 11.5 Å². The van der Waals surface area contributed by atoms with E-state index in [-0.39, 0.29) is 33.8 Å². The SMILES string of the molecule is C.C.C.COC(=O)c1cnc2cc(O)ccc2c1.Oc1ccc2cc(Br)cnc2c1. The maximum Gasteiger partial charge on any atom is 0.339 e. The summed E-state index contributed by atoms with van der Waals surface area (Å²) >= 11 is 3.33. The lowest BCUT2D eigenvalue weighted by Gasteiger charge is -2.01. The fourth-order valence-corrected chi connectivity index (χ4v) is 2.77. The molecule has 2 heterocycles. The minimum Gasteiger partial charge on any atom is -0.508 e. The number of phenols is 2. The van der Waals surface area contributed by atoms with E-state index >= 15 is 0 Å². The first-order valence-corrected chi connectivity index (χ1v) is 8.67. The highest BCUT2D eigenvalue weighted by Gasteiger charge is 2.06. The van der Waals surface area contributed by atoms with Crippen molar-refractivity contribution in [2.24, 2.45) is 0 Å². The molecule has 0 aliphatic heterocycles. The summed E-state index contributed by atoms with van der Waals surface area (Å²) in [6, 6.07) is 13.5. The molecule has 0 atom stereocenters. The van der Waals surface area contributed by atoms with E-state index in [0.717, 1.165) is 20.8 Å². The fraction of sp³-hybridized carbons (Fsp3) is 0.174. The fourth-order valence-electron chi connectivity index (χ4n) is 2.42. The van der Waals surface area contributed by atoms with E-state index in [4.69, 9.17) is 5.11 Å². The highest BCUT2D eigenvalue weighted by atomic mass is 79.9. The molecule has 6 nitrogen and oxygen atoms in total. The number of ether oxygens (including phenoxy) is 1. The third-order valence-corrected chi connectivity index (χ3v) is 4.16. The zero-order valence-corrected chi connectivity index (χ0v) is 15.8. The Morgan fingerprint density at radius 3 is 1.87 bits per heavy atom. The molecular weight excluding hydrogens is 448 g/mol. The van der Waals surface area contributed by atoms with Crippen LogP contribution in [0.5, 0.6) is 11.5 Å². The monoisotopic (exact) mass is 474 g/mol. The van der Waals surface area contributed by atoms with Gasteiger partial charge in [0.05, 0.1) is 23.7 Å². The molecule has 0 saturated carbocycles. The first-order valence-electron chi connectivity index (χ1n) is 7.87. The predicted molar refractivity (Wildman–Crippen MR) is 126 cm³/mol. The number of esters is 1. The number of rotatable bonds is 1. The van der Waals surface area contributed by atoms with Crippen LogP contribution >= 0.6 is 15.9 Å². The van der Waals surface area contributed by atoms with Gasteiger partial charge in [0.2, 0.25) is 0 Å². The molecule has 4 aromatic rings. The normalized spacial score (nSPS) is 9.27. The number of hydrogen-bond acceptors (Lipinski definition) is 6. The van der Waals surface area contributed by atoms with Gasteiger partial charge >= 0.3 is 5.97 Å². The van der Waals surface area contributed by atoms with E-state index in [1.165, 1.54) is 19.4 Å². The first-order chi connectivity index (χ1) is 13.0. The Bertz CT molecular complexity index is 1090. The molecule has 0 radical (unpaired) electrons. The highest BCUT2D eigenvalue weighted by molar-refractivity contribution is 9.10. The van der Waals surface area contributed by atoms with Crippen molar-refractivity contribution < 1.29 is 19.7 Å². The Labute approximate surface area is 185 Å². The van der Waals surface area contributed by atoms with Crippen molar-refractivity contribution in [1.29, 1.82) is 0 Å². The number of carbonyl (C=O) groups is 1. The summed E-state index contributed by atoms with van der Waals surface area (Å²) in [5.41, 5.74) is 1.84. The second-order valence-electron chi connectivity index (χ2n) is 5.62. The lowest BCUT2D eigenvalue weighted by atomic mass is 10.1. The van der Waals surface area contributed by atoms with Crippen molar-refractivity contribution >= 4 is 43.7 Å². The van der Waals surface area contributed by atoms with Crippen LogP contribution in [0.15, 0.2) is 65.4 Å². The molecule has 0 unspecified atom stereocenters. The zero-order chi connectivity index (χ0) is 19.4. The summed E-state index contributed by atoms with van der Waals surface area (Å²) in [6.45, 7) is 0. The highest BCUT2D eigenvalue weighted by Crippen LogP contribution is 2.21. The molecule has 7 heteroatoms. The molecule has 160 valence electrons. The number of nitrogens with zero attached hydrogens (tertiary/aromatic N) is 2. The largest absolute Gasteiger partial charge is 0.508 e. The van der Waals surface area contributed by atoms with Crippen LogP contribution in [0.2, 0.25) is 0 Å². The number of methoxy groups -OCH3 is 1. The van der Waals surface area contributed by atoms with Gasteiger partial charge in [0.15, 0.2) is 0 Å². The van der Waals surface area contributed by atoms with Gasteiger partial charge in [-0.05, 0) is 52.3 Å². The third-order valence-electron chi connectivity index (χ3n) is 3.72. The van der Waals surface area contributed by atoms with Gasteiger partial charge < -0.3 is 14.9 Å². The quantitative estimate of drug-likeness (QED) is 0.312. The lowest BCUT2D eigenvalue weighted by Crippen LogP contribution is -2.01. The molecule has 2 aromatic heterocycles. The van der Waals surface area contributed by atoms with Crippen molar-refractivity contribution in [2.45, 2.75) is 22.3 Å². The van der Waals surface area contributed by atoms with E-state index in [1.54, 1.807) is 36.5 Å². The number of aromatic nitrogens is 2. The smallest absolute Gasteiger partial charge is 0.339 e. The molecule has 0 amide bonds. The summed E-state index contributed by atoms with van der Waals surface area (Å²) in [6.07, 6.45) is 3.13. The number of hydrogen-bond donors (Lipinski definition) is 2. The summed E-state index contributed by atoms with van der Waals surface area (Å²) in [5.74, 6) is -0.0179. The Balaban J connectivity index is 0.000000519. The van der Waals surface area contributed by atoms with Crippen LogP contribution in [0, 0.1) is 0 Å². The molecule has 0 aliphatic rings. The third kappa shape index (κ3) is 6.42. The van der Waals surface area contributed by atoms with Crippen molar-refractivity contribution in [3.8, 4) is 11.5 Å². The molecule has 0 aliphatic carbocycles. The van der Waals surface area contributed by atoms with E-state index in [0.29, 0.717) is 11.1 Å². The van der Waals surface area contributed by atoms with Crippen LogP contribution in [-0.4, -0.2) is 33.3 Å². The predicted octanol–water partition coefficient (Wildman–Crippen LogP) is 6.34. The van der Waals surface area contributed by atoms with Gasteiger partial charge in [-0.25, -0.2) is 4.79 Å². The zero-order valence-electron chi connectivity index (χ0n) is 14.3. The Kier molecular flexibility index (Phi) is 10.5. The standard InChI is InChI=1S/C11H9NO3.C9H6BrNO.3CH4/c1-15-11(14)8-4-7-2-3-9(13)5-10(7)12-6-8;10-7-3-6-1-2-8(12)4-9(6)11-5-7;;;/h2-6,13H,1H3;1-5,12H;3*1H4. The number of pyridine rings is 2. The Morgan fingerprint density at radius 2 is 1.33 bits per heavy atom. The topological polar surface area (TPSA) is 92.5 Å². The Hall–Kier alpha value is -3.19. The van der Waals surface area contributed by atoms with Gasteiger partial charge in [-0.15, -0.1) is 0 Å².